The first-order valence-corrected chi connectivity index (χ1v) is 16.7. The summed E-state index contributed by atoms with van der Waals surface area (Å²) >= 11 is 15.2. The quantitative estimate of drug-likeness (QED) is 0.225. The van der Waals surface area contributed by atoms with Crippen molar-refractivity contribution in [1.82, 2.24) is 0 Å². The fraction of sp³-hybridized carbons (Fsp3) is 0.333. The summed E-state index contributed by atoms with van der Waals surface area (Å²) in [5.41, 5.74) is 2.78. The summed E-state index contributed by atoms with van der Waals surface area (Å²) in [7, 11) is 0. The first-order chi connectivity index (χ1) is 13.4. The Kier molecular flexibility index (Phi) is 9.98. The molecule has 0 amide bonds. The van der Waals surface area contributed by atoms with Crippen LogP contribution in [0, 0.1) is 18.3 Å². The minimum Gasteiger partial charge on any atom is -0.214 e. The summed E-state index contributed by atoms with van der Waals surface area (Å²) in [6, 6.07) is 20.5. The van der Waals surface area contributed by atoms with Gasteiger partial charge in [0.15, 0.2) is 0 Å². The number of allylic oxidation sites excluding steroid dienone is 4. The Morgan fingerprint density at radius 2 is 1.68 bits per heavy atom. The van der Waals surface area contributed by atoms with E-state index < -0.39 is 4.33 Å². The molecule has 146 valence electrons. The molecule has 2 aromatic rings. The van der Waals surface area contributed by atoms with E-state index in [1.54, 1.807) is 23.3 Å². The van der Waals surface area contributed by atoms with Gasteiger partial charge in [0.25, 0.3) is 0 Å². The van der Waals surface area contributed by atoms with E-state index in [1.165, 1.54) is 11.1 Å². The number of alkyl halides is 2. The summed E-state index contributed by atoms with van der Waals surface area (Å²) in [6.45, 7) is 6.76. The second-order valence-corrected chi connectivity index (χ2v) is 18.1. The van der Waals surface area contributed by atoms with Crippen LogP contribution in [0.15, 0.2) is 84.5 Å². The predicted octanol–water partition coefficient (Wildman–Crippen LogP) is 7.49. The van der Waals surface area contributed by atoms with Gasteiger partial charge < -0.3 is 0 Å². The van der Waals surface area contributed by atoms with Gasteiger partial charge in [-0.3, -0.25) is 0 Å². The predicted molar refractivity (Wildman–Crippen MR) is 122 cm³/mol. The van der Waals surface area contributed by atoms with Crippen LogP contribution in [0.5, 0.6) is 0 Å². The first-order valence-electron chi connectivity index (χ1n) is 9.72. The van der Waals surface area contributed by atoms with Gasteiger partial charge in [-0.05, 0) is 11.5 Å². The minimum absolute atomic E-state index is 0.160. The summed E-state index contributed by atoms with van der Waals surface area (Å²) in [5, 5.41) is 0. The Morgan fingerprint density at radius 3 is 2.18 bits per heavy atom. The Balaban J connectivity index is 0.000000259. The minimum atomic E-state index is -0.703. The number of benzene rings is 1. The molecule has 0 aliphatic heterocycles. The van der Waals surface area contributed by atoms with E-state index in [-0.39, 0.29) is 23.2 Å². The largest absolute Gasteiger partial charge is 0.214 e. The van der Waals surface area contributed by atoms with Crippen LogP contribution < -0.4 is 0 Å². The van der Waals surface area contributed by atoms with E-state index in [0.717, 1.165) is 6.42 Å². The van der Waals surface area contributed by atoms with Gasteiger partial charge in [0.05, 0.1) is 0 Å². The summed E-state index contributed by atoms with van der Waals surface area (Å²) < 4.78 is -0.703. The molecule has 3 unspecified atom stereocenters. The van der Waals surface area contributed by atoms with Gasteiger partial charge in [-0.25, -0.2) is 30.2 Å². The maximum Gasteiger partial charge on any atom is -0.172 e. The van der Waals surface area contributed by atoms with Gasteiger partial charge in [-0.15, -0.1) is 29.3 Å². The van der Waals surface area contributed by atoms with Crippen molar-refractivity contribution in [3.8, 4) is 0 Å². The van der Waals surface area contributed by atoms with Gasteiger partial charge in [-0.2, -0.15) is 18.2 Å². The maximum absolute atomic E-state index is 6.71. The molecule has 0 spiro atoms. The molecule has 4 heteroatoms. The standard InChI is InChI=1S/C17H17Cl2.C5H5.C2H6Si.Zr/c1-2-14-11-13-9-6-10-15(16(13)17(14,18)19)12-7-4-3-5-8-12;1-2-4-5-3-1;1-3-2;/h3-11,14-16H,2H2,1H3;1-5H;1-2H3;/q2*-1;;+2. The molecule has 4 rings (SSSR count). The van der Waals surface area contributed by atoms with Crippen molar-refractivity contribution in [2.45, 2.75) is 36.7 Å². The van der Waals surface area contributed by atoms with E-state index in [1.807, 2.05) is 36.4 Å². The number of halogens is 2. The SMILES string of the molecule is CCC1[CH-]C2=CC=CC(c3ccccc3)C2C1(Cl)Cl.C[Si](C)=[Zr+2].c1cc[cH-]c1. The number of rotatable bonds is 2. The summed E-state index contributed by atoms with van der Waals surface area (Å²) in [6.07, 6.45) is 9.72. The Hall–Kier alpha value is -0.400. The molecule has 0 N–H and O–H groups in total. The molecule has 1 fully saturated rings. The molecule has 1 saturated carbocycles. The molecule has 3 atom stereocenters. The van der Waals surface area contributed by atoms with Crippen LogP contribution >= 0.6 is 23.2 Å². The second kappa shape index (κ2) is 11.7. The molecule has 0 radical (unpaired) electrons. The normalized spacial score (nSPS) is 23.8. The summed E-state index contributed by atoms with van der Waals surface area (Å²) in [5.74, 6) is 0.662. The maximum atomic E-state index is 6.71. The molecule has 2 aliphatic rings. The van der Waals surface area contributed by atoms with Crippen LogP contribution in [0.4, 0.5) is 0 Å². The van der Waals surface area contributed by atoms with Crippen molar-refractivity contribution in [3.63, 3.8) is 0 Å². The molecule has 0 saturated heterocycles. The van der Waals surface area contributed by atoms with Crippen molar-refractivity contribution in [1.29, 1.82) is 0 Å². The smallest absolute Gasteiger partial charge is 0.172 e. The fourth-order valence-corrected chi connectivity index (χ4v) is 4.55. The molecule has 0 bridgehead atoms. The number of fused-ring (bicyclic) bond motifs is 1. The van der Waals surface area contributed by atoms with E-state index in [9.17, 15) is 0 Å². The van der Waals surface area contributed by atoms with Gasteiger partial charge in [0.1, 0.15) is 4.33 Å². The van der Waals surface area contributed by atoms with Crippen LogP contribution in [-0.4, -0.2) is 9.77 Å². The third kappa shape index (κ3) is 6.56. The van der Waals surface area contributed by atoms with Crippen molar-refractivity contribution >= 4 is 28.6 Å². The average Bonchev–Trinajstić information content (AvgIpc) is 3.32. The molecule has 2 aliphatic carbocycles. The van der Waals surface area contributed by atoms with Crippen LogP contribution in [-0.2, 0) is 23.3 Å². The third-order valence-corrected chi connectivity index (χ3v) is 5.84. The molecule has 0 heterocycles. The van der Waals surface area contributed by atoms with Crippen molar-refractivity contribution in [3.05, 3.63) is 96.4 Å². The Labute approximate surface area is 195 Å². The van der Waals surface area contributed by atoms with Crippen LogP contribution in [0.2, 0.25) is 13.1 Å². The average molecular weight is 507 g/mol. The fourth-order valence-electron chi connectivity index (χ4n) is 3.59. The van der Waals surface area contributed by atoms with Crippen molar-refractivity contribution < 1.29 is 23.3 Å². The molecule has 2 aromatic carbocycles. The number of hydrogen-bond donors (Lipinski definition) is 0. The first kappa shape index (κ1) is 23.9. The topological polar surface area (TPSA) is 0 Å². The molecule has 28 heavy (non-hydrogen) atoms. The van der Waals surface area contributed by atoms with Gasteiger partial charge >= 0.3 is 41.9 Å². The van der Waals surface area contributed by atoms with E-state index in [2.05, 4.69) is 68.9 Å². The van der Waals surface area contributed by atoms with E-state index in [0.29, 0.717) is 0 Å². The summed E-state index contributed by atoms with van der Waals surface area (Å²) in [4.78, 5) is 0. The van der Waals surface area contributed by atoms with Crippen LogP contribution in [0.3, 0.4) is 0 Å². The Bertz CT molecular complexity index is 757. The zero-order chi connectivity index (χ0) is 20.6. The van der Waals surface area contributed by atoms with Crippen molar-refractivity contribution in [2.24, 2.45) is 11.8 Å². The van der Waals surface area contributed by atoms with Crippen LogP contribution in [0.1, 0.15) is 24.8 Å². The zero-order valence-electron chi connectivity index (χ0n) is 16.8. The van der Waals surface area contributed by atoms with Gasteiger partial charge in [-0.1, -0.05) is 55.7 Å². The second-order valence-electron chi connectivity index (χ2n) is 7.28. The third-order valence-electron chi connectivity index (χ3n) is 4.81. The van der Waals surface area contributed by atoms with Gasteiger partial charge in [0, 0.05) is 5.92 Å². The molecule has 0 nitrogen and oxygen atoms in total. The molecule has 0 aromatic heterocycles. The van der Waals surface area contributed by atoms with Gasteiger partial charge in [0.2, 0.25) is 0 Å². The molecular formula is C24H28Cl2SiZr. The van der Waals surface area contributed by atoms with E-state index >= 15 is 0 Å². The van der Waals surface area contributed by atoms with E-state index in [4.69, 9.17) is 23.2 Å². The Morgan fingerprint density at radius 1 is 1.07 bits per heavy atom. The van der Waals surface area contributed by atoms with Crippen molar-refractivity contribution in [2.75, 3.05) is 0 Å². The molecular weight excluding hydrogens is 478 g/mol. The monoisotopic (exact) mass is 504 g/mol. The van der Waals surface area contributed by atoms with Crippen LogP contribution in [0.25, 0.3) is 0 Å². The number of hydrogen-bond acceptors (Lipinski definition) is 0. The zero-order valence-corrected chi connectivity index (χ0v) is 21.7.